The summed E-state index contributed by atoms with van der Waals surface area (Å²) in [5.74, 6) is -0.285. The summed E-state index contributed by atoms with van der Waals surface area (Å²) in [7, 11) is 3.53. The first kappa shape index (κ1) is 13.9. The van der Waals surface area contributed by atoms with Gasteiger partial charge in [-0.05, 0) is 34.1 Å². The third-order valence-electron chi connectivity index (χ3n) is 3.64. The van der Waals surface area contributed by atoms with Gasteiger partial charge in [0.1, 0.15) is 12.2 Å². The molecule has 0 unspecified atom stereocenters. The van der Waals surface area contributed by atoms with Crippen LogP contribution < -0.4 is 9.80 Å². The van der Waals surface area contributed by atoms with E-state index in [-0.39, 0.29) is 18.4 Å². The van der Waals surface area contributed by atoms with E-state index in [1.165, 1.54) is 4.90 Å². The van der Waals surface area contributed by atoms with Crippen molar-refractivity contribution in [2.24, 2.45) is 7.05 Å². The highest BCUT2D eigenvalue weighted by Gasteiger charge is 2.31. The molecule has 0 radical (unpaired) electrons. The molecule has 2 amide bonds. The van der Waals surface area contributed by atoms with E-state index in [9.17, 15) is 9.59 Å². The largest absolute Gasteiger partial charge is 0.345 e. The van der Waals surface area contributed by atoms with Gasteiger partial charge in [-0.15, -0.1) is 0 Å². The van der Waals surface area contributed by atoms with Crippen molar-refractivity contribution in [3.63, 3.8) is 0 Å². The van der Waals surface area contributed by atoms with Crippen molar-refractivity contribution in [3.8, 4) is 0 Å². The van der Waals surface area contributed by atoms with E-state index in [1.807, 2.05) is 37.5 Å². The van der Waals surface area contributed by atoms with E-state index in [2.05, 4.69) is 15.9 Å². The zero-order valence-electron chi connectivity index (χ0n) is 11.7. The molecular formula is C15H14BrN3O2. The van der Waals surface area contributed by atoms with Crippen LogP contribution in [0, 0.1) is 0 Å². The fraction of sp³-hybridized carbons (Fsp3) is 0.200. The number of carbonyl (C=O) groups excluding carboxylic acids is 2. The van der Waals surface area contributed by atoms with Crippen LogP contribution in [-0.4, -0.2) is 30.0 Å². The first-order valence-electron chi connectivity index (χ1n) is 6.48. The van der Waals surface area contributed by atoms with Gasteiger partial charge in [-0.3, -0.25) is 14.5 Å². The highest BCUT2D eigenvalue weighted by atomic mass is 79.9. The standard InChI is InChI=1S/C15H14BrN3O2/c1-17-8-10(16)7-13(17)15(21)19-9-14(20)18(2)11-5-3-4-6-12(11)19/h3-8H,9H2,1-2H3. The number of hydrogen-bond acceptors (Lipinski definition) is 2. The van der Waals surface area contributed by atoms with Crippen LogP contribution in [0.5, 0.6) is 0 Å². The van der Waals surface area contributed by atoms with Gasteiger partial charge in [0.05, 0.1) is 11.4 Å². The van der Waals surface area contributed by atoms with Crippen LogP contribution in [0.4, 0.5) is 11.4 Å². The Kier molecular flexibility index (Phi) is 3.33. The SMILES string of the molecule is CN1C(=O)CN(C(=O)c2cc(Br)cn2C)c2ccccc21. The number of benzene rings is 1. The molecule has 0 saturated carbocycles. The van der Waals surface area contributed by atoms with Crippen molar-refractivity contribution in [1.82, 2.24) is 4.57 Å². The number of para-hydroxylation sites is 2. The Morgan fingerprint density at radius 3 is 2.48 bits per heavy atom. The maximum Gasteiger partial charge on any atom is 0.275 e. The number of aromatic nitrogens is 1. The molecule has 0 atom stereocenters. The number of halogens is 1. The number of amides is 2. The van der Waals surface area contributed by atoms with Crippen molar-refractivity contribution in [2.45, 2.75) is 0 Å². The summed E-state index contributed by atoms with van der Waals surface area (Å²) in [6.45, 7) is 0.0507. The molecule has 21 heavy (non-hydrogen) atoms. The number of hydrogen-bond donors (Lipinski definition) is 0. The lowest BCUT2D eigenvalue weighted by Crippen LogP contribution is -2.47. The highest BCUT2D eigenvalue weighted by Crippen LogP contribution is 2.33. The smallest absolute Gasteiger partial charge is 0.275 e. The molecule has 108 valence electrons. The second kappa shape index (κ2) is 5.04. The Labute approximate surface area is 130 Å². The minimum atomic E-state index is -0.183. The lowest BCUT2D eigenvalue weighted by molar-refractivity contribution is -0.117. The molecule has 2 heterocycles. The van der Waals surface area contributed by atoms with Crippen molar-refractivity contribution >= 4 is 39.1 Å². The zero-order valence-corrected chi connectivity index (χ0v) is 13.3. The topological polar surface area (TPSA) is 45.6 Å². The number of carbonyl (C=O) groups is 2. The Bertz CT molecular complexity index is 738. The summed E-state index contributed by atoms with van der Waals surface area (Å²) in [5, 5.41) is 0. The van der Waals surface area contributed by atoms with Gasteiger partial charge in [0.25, 0.3) is 5.91 Å². The molecule has 1 aliphatic heterocycles. The van der Waals surface area contributed by atoms with Gasteiger partial charge in [0, 0.05) is 24.8 Å². The maximum atomic E-state index is 12.8. The van der Waals surface area contributed by atoms with E-state index >= 15 is 0 Å². The Morgan fingerprint density at radius 1 is 1.19 bits per heavy atom. The quantitative estimate of drug-likeness (QED) is 0.795. The summed E-state index contributed by atoms with van der Waals surface area (Å²) in [6.07, 6.45) is 1.82. The van der Waals surface area contributed by atoms with Gasteiger partial charge in [-0.1, -0.05) is 12.1 Å². The van der Waals surface area contributed by atoms with E-state index in [0.717, 1.165) is 15.8 Å². The van der Waals surface area contributed by atoms with E-state index in [1.54, 1.807) is 22.6 Å². The zero-order chi connectivity index (χ0) is 15.1. The van der Waals surface area contributed by atoms with E-state index in [4.69, 9.17) is 0 Å². The lowest BCUT2D eigenvalue weighted by Gasteiger charge is -2.34. The first-order valence-corrected chi connectivity index (χ1v) is 7.27. The average molecular weight is 348 g/mol. The van der Waals surface area contributed by atoms with Crippen molar-refractivity contribution in [1.29, 1.82) is 0 Å². The van der Waals surface area contributed by atoms with Gasteiger partial charge in [0.2, 0.25) is 5.91 Å². The van der Waals surface area contributed by atoms with Crippen molar-refractivity contribution in [3.05, 3.63) is 46.7 Å². The lowest BCUT2D eigenvalue weighted by atomic mass is 10.1. The third-order valence-corrected chi connectivity index (χ3v) is 4.07. The van der Waals surface area contributed by atoms with Crippen LogP contribution in [0.2, 0.25) is 0 Å². The van der Waals surface area contributed by atoms with Gasteiger partial charge in [0.15, 0.2) is 0 Å². The molecule has 1 aliphatic rings. The Hall–Kier alpha value is -2.08. The van der Waals surface area contributed by atoms with Crippen LogP contribution >= 0.6 is 15.9 Å². The molecular weight excluding hydrogens is 334 g/mol. The second-order valence-corrected chi connectivity index (χ2v) is 5.90. The number of likely N-dealkylation sites (N-methyl/N-ethyl adjacent to an activating group) is 1. The fourth-order valence-corrected chi connectivity index (χ4v) is 3.02. The summed E-state index contributed by atoms with van der Waals surface area (Å²) in [4.78, 5) is 28.0. The number of nitrogens with zero attached hydrogens (tertiary/aromatic N) is 3. The molecule has 1 aromatic carbocycles. The van der Waals surface area contributed by atoms with Crippen LogP contribution in [0.3, 0.4) is 0 Å². The van der Waals surface area contributed by atoms with Crippen molar-refractivity contribution < 1.29 is 9.59 Å². The molecule has 0 aliphatic carbocycles. The average Bonchev–Trinajstić information content (AvgIpc) is 2.81. The number of aryl methyl sites for hydroxylation is 1. The molecule has 3 rings (SSSR count). The summed E-state index contributed by atoms with van der Waals surface area (Å²) in [6, 6.07) is 9.18. The molecule has 0 fully saturated rings. The van der Waals surface area contributed by atoms with Gasteiger partial charge in [-0.25, -0.2) is 0 Å². The third kappa shape index (κ3) is 2.25. The van der Waals surface area contributed by atoms with Gasteiger partial charge < -0.3 is 9.47 Å². The van der Waals surface area contributed by atoms with Crippen LogP contribution in [-0.2, 0) is 11.8 Å². The minimum absolute atomic E-state index is 0.0507. The van der Waals surface area contributed by atoms with Crippen LogP contribution in [0.15, 0.2) is 41.0 Å². The van der Waals surface area contributed by atoms with E-state index < -0.39 is 0 Å². The molecule has 6 heteroatoms. The summed E-state index contributed by atoms with van der Waals surface area (Å²) >= 11 is 3.36. The Morgan fingerprint density at radius 2 is 1.86 bits per heavy atom. The van der Waals surface area contributed by atoms with E-state index in [0.29, 0.717) is 5.69 Å². The molecule has 0 bridgehead atoms. The van der Waals surface area contributed by atoms with Crippen molar-refractivity contribution in [2.75, 3.05) is 23.4 Å². The molecule has 0 N–H and O–H groups in total. The van der Waals surface area contributed by atoms with Gasteiger partial charge in [-0.2, -0.15) is 0 Å². The molecule has 2 aromatic rings. The summed E-state index contributed by atoms with van der Waals surface area (Å²) < 4.78 is 2.58. The van der Waals surface area contributed by atoms with Crippen LogP contribution in [0.1, 0.15) is 10.5 Å². The Balaban J connectivity index is 2.07. The number of fused-ring (bicyclic) bond motifs is 1. The minimum Gasteiger partial charge on any atom is -0.345 e. The van der Waals surface area contributed by atoms with Gasteiger partial charge >= 0.3 is 0 Å². The fourth-order valence-electron chi connectivity index (χ4n) is 2.49. The first-order chi connectivity index (χ1) is 9.99. The van der Waals surface area contributed by atoms with Crippen LogP contribution in [0.25, 0.3) is 0 Å². The molecule has 5 nitrogen and oxygen atoms in total. The second-order valence-electron chi connectivity index (χ2n) is 4.99. The number of anilines is 2. The highest BCUT2D eigenvalue weighted by molar-refractivity contribution is 9.10. The predicted molar refractivity (Wildman–Crippen MR) is 84.6 cm³/mol. The maximum absolute atomic E-state index is 12.8. The predicted octanol–water partition coefficient (Wildman–Crippen LogP) is 2.41. The molecule has 0 spiro atoms. The molecule has 0 saturated heterocycles. The summed E-state index contributed by atoms with van der Waals surface area (Å²) in [5.41, 5.74) is 2.03. The normalized spacial score (nSPS) is 14.3. The molecule has 1 aromatic heterocycles. The number of rotatable bonds is 1. The monoisotopic (exact) mass is 347 g/mol.